The molecule has 0 fully saturated rings. The number of unbranched alkanes of at least 4 members (excludes halogenated alkanes) is 6. The molecule has 0 aliphatic carbocycles. The molecule has 2 unspecified atom stereocenters. The normalized spacial score (nSPS) is 16.8. The maximum atomic E-state index is 10.4. The Bertz CT molecular complexity index is 163. The van der Waals surface area contributed by atoms with E-state index >= 15 is 0 Å². The Morgan fingerprint density at radius 3 is 2.00 bits per heavy atom. The highest BCUT2D eigenvalue weighted by Crippen LogP contribution is 2.27. The second-order valence-corrected chi connectivity index (χ2v) is 5.92. The zero-order chi connectivity index (χ0) is 13.1. The van der Waals surface area contributed by atoms with Crippen molar-refractivity contribution in [3.05, 3.63) is 0 Å². The molecule has 0 aromatic heterocycles. The van der Waals surface area contributed by atoms with Gasteiger partial charge in [-0.15, -0.1) is 0 Å². The summed E-state index contributed by atoms with van der Waals surface area (Å²) >= 11 is 0. The van der Waals surface area contributed by atoms with Crippen LogP contribution in [0, 0.1) is 5.92 Å². The summed E-state index contributed by atoms with van der Waals surface area (Å²) in [6, 6.07) is 0. The van der Waals surface area contributed by atoms with Crippen LogP contribution in [0.1, 0.15) is 91.9 Å². The molecule has 2 atom stereocenters. The quantitative estimate of drug-likeness (QED) is 0.486. The van der Waals surface area contributed by atoms with Crippen LogP contribution >= 0.6 is 0 Å². The average molecular weight is 242 g/mol. The smallest absolute Gasteiger partial charge is 0.0645 e. The zero-order valence-electron chi connectivity index (χ0n) is 12.6. The summed E-state index contributed by atoms with van der Waals surface area (Å²) in [6.07, 6.45) is 12.5. The minimum atomic E-state index is -0.445. The van der Waals surface area contributed by atoms with Crippen molar-refractivity contribution in [2.75, 3.05) is 0 Å². The van der Waals surface area contributed by atoms with Crippen LogP contribution in [0.2, 0.25) is 0 Å². The third-order valence-electron chi connectivity index (χ3n) is 4.09. The average Bonchev–Trinajstić information content (AvgIpc) is 2.30. The van der Waals surface area contributed by atoms with Crippen molar-refractivity contribution in [3.8, 4) is 0 Å². The van der Waals surface area contributed by atoms with Crippen molar-refractivity contribution in [1.29, 1.82) is 0 Å². The lowest BCUT2D eigenvalue weighted by Crippen LogP contribution is -2.32. The molecule has 0 aliphatic rings. The van der Waals surface area contributed by atoms with Gasteiger partial charge in [-0.3, -0.25) is 0 Å². The Balaban J connectivity index is 3.61. The monoisotopic (exact) mass is 242 g/mol. The second kappa shape index (κ2) is 9.94. The van der Waals surface area contributed by atoms with Crippen molar-refractivity contribution < 1.29 is 5.11 Å². The third-order valence-corrected chi connectivity index (χ3v) is 4.09. The summed E-state index contributed by atoms with van der Waals surface area (Å²) in [5, 5.41) is 10.4. The van der Waals surface area contributed by atoms with Crippen molar-refractivity contribution in [2.24, 2.45) is 5.92 Å². The van der Waals surface area contributed by atoms with Gasteiger partial charge in [0.05, 0.1) is 5.60 Å². The molecule has 1 N–H and O–H groups in total. The van der Waals surface area contributed by atoms with E-state index in [1.54, 1.807) is 0 Å². The Morgan fingerprint density at radius 1 is 0.882 bits per heavy atom. The van der Waals surface area contributed by atoms with Gasteiger partial charge >= 0.3 is 0 Å². The van der Waals surface area contributed by atoms with Gasteiger partial charge in [-0.25, -0.2) is 0 Å². The van der Waals surface area contributed by atoms with Gasteiger partial charge in [0, 0.05) is 0 Å². The van der Waals surface area contributed by atoms with E-state index in [9.17, 15) is 5.11 Å². The van der Waals surface area contributed by atoms with E-state index in [1.165, 1.54) is 57.8 Å². The Labute approximate surface area is 109 Å². The molecule has 1 heteroatoms. The maximum Gasteiger partial charge on any atom is 0.0645 e. The topological polar surface area (TPSA) is 20.2 Å². The summed E-state index contributed by atoms with van der Waals surface area (Å²) in [5.74, 6) is 0.443. The van der Waals surface area contributed by atoms with Gasteiger partial charge in [-0.1, -0.05) is 72.1 Å². The van der Waals surface area contributed by atoms with E-state index in [4.69, 9.17) is 0 Å². The molecule has 0 aliphatic heterocycles. The predicted octanol–water partition coefficient (Wildman–Crippen LogP) is 5.31. The fourth-order valence-corrected chi connectivity index (χ4v) is 2.33. The molecular weight excluding hydrogens is 208 g/mol. The first-order valence-corrected chi connectivity index (χ1v) is 7.77. The van der Waals surface area contributed by atoms with E-state index in [0.717, 1.165) is 6.42 Å². The molecule has 17 heavy (non-hydrogen) atoms. The van der Waals surface area contributed by atoms with E-state index in [-0.39, 0.29) is 0 Å². The highest BCUT2D eigenvalue weighted by atomic mass is 16.3. The van der Waals surface area contributed by atoms with Gasteiger partial charge in [0.15, 0.2) is 0 Å². The van der Waals surface area contributed by atoms with Gasteiger partial charge < -0.3 is 5.11 Å². The molecule has 0 amide bonds. The second-order valence-electron chi connectivity index (χ2n) is 5.92. The van der Waals surface area contributed by atoms with Crippen molar-refractivity contribution >= 4 is 0 Å². The van der Waals surface area contributed by atoms with Crippen molar-refractivity contribution in [3.63, 3.8) is 0 Å². The van der Waals surface area contributed by atoms with Gasteiger partial charge in [0.25, 0.3) is 0 Å². The first-order valence-electron chi connectivity index (χ1n) is 7.77. The summed E-state index contributed by atoms with van der Waals surface area (Å²) < 4.78 is 0. The van der Waals surface area contributed by atoms with Crippen LogP contribution in [0.25, 0.3) is 0 Å². The number of hydrogen-bond acceptors (Lipinski definition) is 1. The van der Waals surface area contributed by atoms with Crippen LogP contribution in [0.5, 0.6) is 0 Å². The van der Waals surface area contributed by atoms with Crippen LogP contribution in [0.3, 0.4) is 0 Å². The van der Waals surface area contributed by atoms with Crippen LogP contribution in [-0.4, -0.2) is 10.7 Å². The highest BCUT2D eigenvalue weighted by molar-refractivity contribution is 4.78. The standard InChI is InChI=1S/C16H34O/c1-5-7-9-10-11-12-14-16(4,17)15(3)13-8-6-2/h15,17H,5-14H2,1-4H3. The van der Waals surface area contributed by atoms with Crippen molar-refractivity contribution in [1.82, 2.24) is 0 Å². The molecule has 104 valence electrons. The fraction of sp³-hybridized carbons (Fsp3) is 1.00. The molecule has 0 rings (SSSR count). The van der Waals surface area contributed by atoms with E-state index < -0.39 is 5.60 Å². The summed E-state index contributed by atoms with van der Waals surface area (Å²) in [5.41, 5.74) is -0.445. The van der Waals surface area contributed by atoms with Crippen LogP contribution in [0.4, 0.5) is 0 Å². The first kappa shape index (κ1) is 17.0. The largest absolute Gasteiger partial charge is 0.390 e. The van der Waals surface area contributed by atoms with Crippen LogP contribution < -0.4 is 0 Å². The Kier molecular flexibility index (Phi) is 9.91. The molecule has 0 saturated carbocycles. The molecular formula is C16H34O. The van der Waals surface area contributed by atoms with Gasteiger partial charge in [0.2, 0.25) is 0 Å². The number of hydrogen-bond donors (Lipinski definition) is 1. The van der Waals surface area contributed by atoms with E-state index in [2.05, 4.69) is 20.8 Å². The molecule has 0 spiro atoms. The summed E-state index contributed by atoms with van der Waals surface area (Å²) in [7, 11) is 0. The molecule has 0 radical (unpaired) electrons. The van der Waals surface area contributed by atoms with Crippen LogP contribution in [-0.2, 0) is 0 Å². The van der Waals surface area contributed by atoms with E-state index in [0.29, 0.717) is 5.92 Å². The minimum absolute atomic E-state index is 0.443. The SMILES string of the molecule is CCCCCCCCC(C)(O)C(C)CCCC. The van der Waals surface area contributed by atoms with Gasteiger partial charge in [-0.05, 0) is 25.7 Å². The first-order chi connectivity index (χ1) is 8.04. The molecule has 0 saturated heterocycles. The lowest BCUT2D eigenvalue weighted by Gasteiger charge is -2.30. The molecule has 1 nitrogen and oxygen atoms in total. The molecule has 0 heterocycles. The molecule has 0 bridgehead atoms. The zero-order valence-corrected chi connectivity index (χ0v) is 12.6. The molecule has 0 aromatic rings. The van der Waals surface area contributed by atoms with Crippen LogP contribution in [0.15, 0.2) is 0 Å². The third kappa shape index (κ3) is 8.65. The fourth-order valence-electron chi connectivity index (χ4n) is 2.33. The Morgan fingerprint density at radius 2 is 1.41 bits per heavy atom. The minimum Gasteiger partial charge on any atom is -0.390 e. The highest BCUT2D eigenvalue weighted by Gasteiger charge is 2.26. The summed E-state index contributed by atoms with van der Waals surface area (Å²) in [4.78, 5) is 0. The lowest BCUT2D eigenvalue weighted by atomic mass is 9.83. The lowest BCUT2D eigenvalue weighted by molar-refractivity contribution is -0.00787. The van der Waals surface area contributed by atoms with E-state index in [1.807, 2.05) is 6.92 Å². The number of aliphatic hydroxyl groups is 1. The van der Waals surface area contributed by atoms with Crippen molar-refractivity contribution in [2.45, 2.75) is 97.5 Å². The predicted molar refractivity (Wildman–Crippen MR) is 77.3 cm³/mol. The summed E-state index contributed by atoms with van der Waals surface area (Å²) in [6.45, 7) is 8.70. The number of rotatable bonds is 11. The van der Waals surface area contributed by atoms with Gasteiger partial charge in [-0.2, -0.15) is 0 Å². The maximum absolute atomic E-state index is 10.4. The van der Waals surface area contributed by atoms with Gasteiger partial charge in [0.1, 0.15) is 0 Å². The Hall–Kier alpha value is -0.0400. The molecule has 0 aromatic carbocycles.